The van der Waals surface area contributed by atoms with Crippen molar-refractivity contribution in [3.05, 3.63) is 87.0 Å². The minimum absolute atomic E-state index is 0.0520. The van der Waals surface area contributed by atoms with Crippen LogP contribution in [-0.2, 0) is 6.42 Å². The maximum Gasteiger partial charge on any atom is 0.165 e. The van der Waals surface area contributed by atoms with Crippen molar-refractivity contribution < 1.29 is 9.18 Å². The summed E-state index contributed by atoms with van der Waals surface area (Å²) in [4.78, 5) is 16.8. The lowest BCUT2D eigenvalue weighted by Crippen LogP contribution is -2.05. The fourth-order valence-corrected chi connectivity index (χ4v) is 3.61. The lowest BCUT2D eigenvalue weighted by molar-refractivity contribution is 0.0980. The number of pyridine rings is 1. The van der Waals surface area contributed by atoms with Gasteiger partial charge in [0, 0.05) is 21.8 Å². The summed E-state index contributed by atoms with van der Waals surface area (Å²) in [5.41, 5.74) is 4.03. The second kappa shape index (κ2) is 10.5. The molecule has 0 radical (unpaired) electrons. The van der Waals surface area contributed by atoms with E-state index < -0.39 is 0 Å². The molecule has 0 aliphatic heterocycles. The number of unbranched alkanes of at least 4 members (excludes halogenated alkanes) is 2. The molecule has 0 bridgehead atoms. The summed E-state index contributed by atoms with van der Waals surface area (Å²) in [5, 5.41) is 3.01. The van der Waals surface area contributed by atoms with Gasteiger partial charge in [-0.1, -0.05) is 36.2 Å². The highest BCUT2D eigenvalue weighted by Gasteiger charge is 2.13. The van der Waals surface area contributed by atoms with Crippen LogP contribution >= 0.6 is 22.6 Å². The van der Waals surface area contributed by atoms with Gasteiger partial charge in [-0.3, -0.25) is 9.78 Å². The first-order chi connectivity index (χ1) is 14.0. The molecule has 0 fully saturated rings. The number of Topliss-reactive ketones (excluding diaryl/α,β-unsaturated/α-hetero) is 1. The van der Waals surface area contributed by atoms with Gasteiger partial charge in [0.25, 0.3) is 0 Å². The molecule has 0 atom stereocenters. The number of carbonyl (C=O) groups is 1. The van der Waals surface area contributed by atoms with Crippen molar-refractivity contribution in [2.75, 3.05) is 5.32 Å². The number of ketones is 1. The van der Waals surface area contributed by atoms with E-state index in [-0.39, 0.29) is 11.6 Å². The van der Waals surface area contributed by atoms with Crippen LogP contribution in [-0.4, -0.2) is 10.8 Å². The van der Waals surface area contributed by atoms with Crippen molar-refractivity contribution in [2.45, 2.75) is 39.0 Å². The number of aromatic nitrogens is 1. The monoisotopic (exact) mass is 502 g/mol. The van der Waals surface area contributed by atoms with Gasteiger partial charge < -0.3 is 5.32 Å². The molecule has 1 aromatic heterocycles. The Morgan fingerprint density at radius 1 is 1.03 bits per heavy atom. The van der Waals surface area contributed by atoms with Gasteiger partial charge in [0.05, 0.1) is 17.6 Å². The number of hydrogen-bond donors (Lipinski definition) is 1. The average Bonchev–Trinajstić information content (AvgIpc) is 2.71. The maximum absolute atomic E-state index is 14.1. The molecule has 0 saturated carbocycles. The van der Waals surface area contributed by atoms with E-state index in [1.807, 2.05) is 6.07 Å². The summed E-state index contributed by atoms with van der Waals surface area (Å²) in [5.74, 6) is -0.300. The Labute approximate surface area is 184 Å². The third-order valence-corrected chi connectivity index (χ3v) is 5.48. The first kappa shape index (κ1) is 21.4. The second-order valence-electron chi connectivity index (χ2n) is 7.14. The standard InChI is InChI=1S/C24H24FIN2O/c1-17-7-9-18(10-8-17)5-3-2-4-6-24(29)20-13-14-27-16-23(20)28-22-12-11-19(26)15-21(22)25/h7-16,28H,2-6H2,1H3. The Bertz CT molecular complexity index is 973. The Balaban J connectivity index is 1.53. The van der Waals surface area contributed by atoms with Crippen LogP contribution < -0.4 is 5.32 Å². The first-order valence-corrected chi connectivity index (χ1v) is 10.9. The number of hydrogen-bond acceptors (Lipinski definition) is 3. The van der Waals surface area contributed by atoms with Crippen molar-refractivity contribution in [2.24, 2.45) is 0 Å². The zero-order chi connectivity index (χ0) is 20.6. The number of nitrogens with zero attached hydrogens (tertiary/aromatic N) is 1. The molecule has 3 nitrogen and oxygen atoms in total. The highest BCUT2D eigenvalue weighted by molar-refractivity contribution is 14.1. The van der Waals surface area contributed by atoms with Crippen molar-refractivity contribution in [1.29, 1.82) is 0 Å². The molecule has 0 amide bonds. The lowest BCUT2D eigenvalue weighted by Gasteiger charge is -2.12. The summed E-state index contributed by atoms with van der Waals surface area (Å²) in [6.07, 6.45) is 7.57. The Morgan fingerprint density at radius 2 is 1.83 bits per heavy atom. The molecule has 3 rings (SSSR count). The lowest BCUT2D eigenvalue weighted by atomic mass is 10.0. The Kier molecular flexibility index (Phi) is 7.75. The Morgan fingerprint density at radius 3 is 2.59 bits per heavy atom. The van der Waals surface area contributed by atoms with Crippen molar-refractivity contribution in [3.63, 3.8) is 0 Å². The second-order valence-corrected chi connectivity index (χ2v) is 8.39. The molecular weight excluding hydrogens is 478 g/mol. The van der Waals surface area contributed by atoms with E-state index >= 15 is 0 Å². The molecule has 0 unspecified atom stereocenters. The van der Waals surface area contributed by atoms with Gasteiger partial charge in [-0.15, -0.1) is 0 Å². The van der Waals surface area contributed by atoms with E-state index in [4.69, 9.17) is 0 Å². The van der Waals surface area contributed by atoms with Crippen LogP contribution in [0.15, 0.2) is 60.9 Å². The fraction of sp³-hybridized carbons (Fsp3) is 0.250. The van der Waals surface area contributed by atoms with Crippen LogP contribution in [0.25, 0.3) is 0 Å². The maximum atomic E-state index is 14.1. The minimum Gasteiger partial charge on any atom is -0.351 e. The van der Waals surface area contributed by atoms with Gasteiger partial charge in [0.15, 0.2) is 5.78 Å². The van der Waals surface area contributed by atoms with Crippen LogP contribution in [0, 0.1) is 16.3 Å². The zero-order valence-corrected chi connectivity index (χ0v) is 18.6. The number of nitrogens with one attached hydrogen (secondary N) is 1. The highest BCUT2D eigenvalue weighted by Crippen LogP contribution is 2.25. The zero-order valence-electron chi connectivity index (χ0n) is 16.4. The van der Waals surface area contributed by atoms with Crippen LogP contribution in [0.1, 0.15) is 47.2 Å². The smallest absolute Gasteiger partial charge is 0.165 e. The topological polar surface area (TPSA) is 42.0 Å². The predicted molar refractivity (Wildman–Crippen MR) is 124 cm³/mol. The number of benzene rings is 2. The quantitative estimate of drug-likeness (QED) is 0.197. The van der Waals surface area contributed by atoms with Gasteiger partial charge in [0.2, 0.25) is 0 Å². The average molecular weight is 502 g/mol. The summed E-state index contributed by atoms with van der Waals surface area (Å²) in [6.45, 7) is 2.09. The highest BCUT2D eigenvalue weighted by atomic mass is 127. The molecule has 0 spiro atoms. The Hall–Kier alpha value is -2.28. The fourth-order valence-electron chi connectivity index (χ4n) is 3.15. The summed E-state index contributed by atoms with van der Waals surface area (Å²) >= 11 is 2.06. The van der Waals surface area contributed by atoms with E-state index in [1.54, 1.807) is 24.5 Å². The molecule has 150 valence electrons. The largest absolute Gasteiger partial charge is 0.351 e. The van der Waals surface area contributed by atoms with Gasteiger partial charge in [-0.25, -0.2) is 4.39 Å². The summed E-state index contributed by atoms with van der Waals surface area (Å²) < 4.78 is 15.0. The first-order valence-electron chi connectivity index (χ1n) is 9.78. The van der Waals surface area contributed by atoms with E-state index in [9.17, 15) is 9.18 Å². The molecule has 1 heterocycles. The van der Waals surface area contributed by atoms with Crippen molar-refractivity contribution in [1.82, 2.24) is 4.98 Å². The van der Waals surface area contributed by atoms with E-state index in [0.717, 1.165) is 29.3 Å². The van der Waals surface area contributed by atoms with Gasteiger partial charge >= 0.3 is 0 Å². The summed E-state index contributed by atoms with van der Waals surface area (Å²) in [7, 11) is 0. The van der Waals surface area contributed by atoms with Crippen LogP contribution in [0.4, 0.5) is 15.8 Å². The molecule has 29 heavy (non-hydrogen) atoms. The van der Waals surface area contributed by atoms with Crippen LogP contribution in [0.2, 0.25) is 0 Å². The van der Waals surface area contributed by atoms with Gasteiger partial charge in [-0.2, -0.15) is 0 Å². The molecule has 1 N–H and O–H groups in total. The van der Waals surface area contributed by atoms with Gasteiger partial charge in [0.1, 0.15) is 5.82 Å². The van der Waals surface area contributed by atoms with E-state index in [0.29, 0.717) is 23.4 Å². The third-order valence-electron chi connectivity index (χ3n) is 4.81. The summed E-state index contributed by atoms with van der Waals surface area (Å²) in [6, 6.07) is 15.2. The SMILES string of the molecule is Cc1ccc(CCCCCC(=O)c2ccncc2Nc2ccc(I)cc2F)cc1. The molecule has 0 aliphatic rings. The van der Waals surface area contributed by atoms with Gasteiger partial charge in [-0.05, 0) is 78.6 Å². The number of halogens is 2. The molecule has 2 aromatic carbocycles. The van der Waals surface area contributed by atoms with Crippen LogP contribution in [0.5, 0.6) is 0 Å². The van der Waals surface area contributed by atoms with Crippen molar-refractivity contribution in [3.8, 4) is 0 Å². The molecule has 0 aliphatic carbocycles. The predicted octanol–water partition coefficient (Wildman–Crippen LogP) is 6.86. The minimum atomic E-state index is -0.352. The number of anilines is 2. The van der Waals surface area contributed by atoms with E-state index in [2.05, 4.69) is 64.1 Å². The van der Waals surface area contributed by atoms with Crippen LogP contribution in [0.3, 0.4) is 0 Å². The number of aryl methyl sites for hydroxylation is 2. The number of rotatable bonds is 9. The molecule has 5 heteroatoms. The van der Waals surface area contributed by atoms with E-state index in [1.165, 1.54) is 17.2 Å². The van der Waals surface area contributed by atoms with Crippen molar-refractivity contribution >= 4 is 39.7 Å². The number of carbonyl (C=O) groups excluding carboxylic acids is 1. The molecular formula is C24H24FIN2O. The normalized spacial score (nSPS) is 10.7. The molecule has 3 aromatic rings. The third kappa shape index (κ3) is 6.35. The molecule has 0 saturated heterocycles.